The van der Waals surface area contributed by atoms with Gasteiger partial charge in [0.15, 0.2) is 0 Å². The quantitative estimate of drug-likeness (QED) is 0.528. The van der Waals surface area contributed by atoms with Crippen LogP contribution in [0.4, 0.5) is 0 Å². The van der Waals surface area contributed by atoms with Gasteiger partial charge in [-0.25, -0.2) is 0 Å². The van der Waals surface area contributed by atoms with Gasteiger partial charge < -0.3 is 15.5 Å². The highest BCUT2D eigenvalue weighted by Crippen LogP contribution is 2.27. The Hall–Kier alpha value is -0.610. The van der Waals surface area contributed by atoms with E-state index in [1.165, 1.54) is 0 Å². The number of hydrogen-bond acceptors (Lipinski definition) is 3. The van der Waals surface area contributed by atoms with E-state index in [0.29, 0.717) is 0 Å². The van der Waals surface area contributed by atoms with Gasteiger partial charge in [-0.1, -0.05) is 12.8 Å². The van der Waals surface area contributed by atoms with E-state index in [-0.39, 0.29) is 18.6 Å². The smallest absolute Gasteiger partial charge is 0.308 e. The van der Waals surface area contributed by atoms with Crippen LogP contribution in [0.1, 0.15) is 38.5 Å². The average Bonchev–Trinajstić information content (AvgIpc) is 2.13. The van der Waals surface area contributed by atoms with Crippen molar-refractivity contribution in [1.29, 1.82) is 0 Å². The minimum atomic E-state index is -0.668. The third kappa shape index (κ3) is 4.18. The van der Waals surface area contributed by atoms with Gasteiger partial charge in [-0.05, 0) is 32.2 Å². The maximum atomic E-state index is 10.7. The highest BCUT2D eigenvalue weighted by atomic mass is 16.4. The number of aliphatic hydroxyl groups excluding tert-OH is 1. The molecule has 0 aliphatic heterocycles. The van der Waals surface area contributed by atoms with E-state index >= 15 is 0 Å². The van der Waals surface area contributed by atoms with Crippen molar-refractivity contribution in [3.8, 4) is 0 Å². The topological polar surface area (TPSA) is 69.6 Å². The van der Waals surface area contributed by atoms with Crippen molar-refractivity contribution in [3.05, 3.63) is 0 Å². The van der Waals surface area contributed by atoms with E-state index in [1.54, 1.807) is 0 Å². The van der Waals surface area contributed by atoms with Crippen molar-refractivity contribution in [2.75, 3.05) is 13.2 Å². The molecule has 15 heavy (non-hydrogen) atoms. The first-order valence-electron chi connectivity index (χ1n) is 5.82. The Bertz CT molecular complexity index is 196. The number of rotatable bonds is 8. The van der Waals surface area contributed by atoms with E-state index < -0.39 is 5.97 Å². The lowest BCUT2D eigenvalue weighted by molar-refractivity contribution is -0.146. The first-order chi connectivity index (χ1) is 7.25. The minimum Gasteiger partial charge on any atom is -0.481 e. The van der Waals surface area contributed by atoms with Crippen LogP contribution >= 0.6 is 0 Å². The molecule has 2 atom stereocenters. The van der Waals surface area contributed by atoms with Crippen LogP contribution in [0.5, 0.6) is 0 Å². The molecule has 0 aromatic rings. The molecule has 0 saturated heterocycles. The van der Waals surface area contributed by atoms with Crippen LogP contribution in [0.2, 0.25) is 0 Å². The van der Waals surface area contributed by atoms with Gasteiger partial charge in [-0.15, -0.1) is 0 Å². The summed E-state index contributed by atoms with van der Waals surface area (Å²) in [5, 5.41) is 20.7. The van der Waals surface area contributed by atoms with Crippen LogP contribution < -0.4 is 5.32 Å². The molecule has 0 aromatic carbocycles. The molecular weight excluding hydrogens is 194 g/mol. The molecule has 0 bridgehead atoms. The molecule has 1 rings (SSSR count). The number of hydrogen-bond donors (Lipinski definition) is 3. The summed E-state index contributed by atoms with van der Waals surface area (Å²) in [4.78, 5) is 10.7. The van der Waals surface area contributed by atoms with Crippen LogP contribution in [0.25, 0.3) is 0 Å². The fourth-order valence-corrected chi connectivity index (χ4v) is 1.92. The van der Waals surface area contributed by atoms with Crippen LogP contribution in [0.15, 0.2) is 0 Å². The standard InChI is InChI=1S/C11H21NO3/c13-8-4-2-1-3-7-12-10-6-5-9(10)11(14)15/h9-10,12-13H,1-8H2,(H,14,15). The summed E-state index contributed by atoms with van der Waals surface area (Å²) >= 11 is 0. The Morgan fingerprint density at radius 2 is 1.93 bits per heavy atom. The number of nitrogens with one attached hydrogen (secondary N) is 1. The molecule has 1 saturated carbocycles. The van der Waals surface area contributed by atoms with E-state index in [4.69, 9.17) is 10.2 Å². The molecule has 2 unspecified atom stereocenters. The van der Waals surface area contributed by atoms with Crippen molar-refractivity contribution in [2.24, 2.45) is 5.92 Å². The van der Waals surface area contributed by atoms with Crippen LogP contribution in [0, 0.1) is 5.92 Å². The largest absolute Gasteiger partial charge is 0.481 e. The summed E-state index contributed by atoms with van der Waals surface area (Å²) in [5.41, 5.74) is 0. The highest BCUT2D eigenvalue weighted by Gasteiger charge is 2.35. The van der Waals surface area contributed by atoms with Gasteiger partial charge in [0.25, 0.3) is 0 Å². The molecule has 0 amide bonds. The van der Waals surface area contributed by atoms with Gasteiger partial charge in [-0.2, -0.15) is 0 Å². The lowest BCUT2D eigenvalue weighted by atomic mass is 9.79. The van der Waals surface area contributed by atoms with Crippen molar-refractivity contribution >= 4 is 5.97 Å². The second-order valence-corrected chi connectivity index (χ2v) is 4.22. The average molecular weight is 215 g/mol. The van der Waals surface area contributed by atoms with E-state index in [9.17, 15) is 4.79 Å². The lowest BCUT2D eigenvalue weighted by Gasteiger charge is -2.34. The zero-order valence-corrected chi connectivity index (χ0v) is 9.11. The van der Waals surface area contributed by atoms with Crippen molar-refractivity contribution < 1.29 is 15.0 Å². The number of unbranched alkanes of at least 4 members (excludes halogenated alkanes) is 3. The monoisotopic (exact) mass is 215 g/mol. The fourth-order valence-electron chi connectivity index (χ4n) is 1.92. The van der Waals surface area contributed by atoms with Crippen molar-refractivity contribution in [1.82, 2.24) is 5.32 Å². The van der Waals surface area contributed by atoms with Crippen LogP contribution in [-0.2, 0) is 4.79 Å². The predicted octanol–water partition coefficient (Wildman–Crippen LogP) is 0.992. The summed E-state index contributed by atoms with van der Waals surface area (Å²) in [7, 11) is 0. The Morgan fingerprint density at radius 3 is 2.47 bits per heavy atom. The molecule has 4 heteroatoms. The number of carboxylic acid groups (broad SMARTS) is 1. The normalized spacial score (nSPS) is 24.9. The van der Waals surface area contributed by atoms with Gasteiger partial charge in [0.1, 0.15) is 0 Å². The zero-order valence-electron chi connectivity index (χ0n) is 9.11. The zero-order chi connectivity index (χ0) is 11.1. The molecule has 0 spiro atoms. The molecule has 1 fully saturated rings. The van der Waals surface area contributed by atoms with E-state index in [2.05, 4.69) is 5.32 Å². The first kappa shape index (κ1) is 12.5. The Kier molecular flexibility index (Phi) is 5.65. The van der Waals surface area contributed by atoms with Crippen molar-refractivity contribution in [3.63, 3.8) is 0 Å². The summed E-state index contributed by atoms with van der Waals surface area (Å²) in [6.45, 7) is 1.18. The second-order valence-electron chi connectivity index (χ2n) is 4.22. The summed E-state index contributed by atoms with van der Waals surface area (Å²) in [5.74, 6) is -0.832. The Labute approximate surface area is 90.7 Å². The van der Waals surface area contributed by atoms with E-state index in [1.807, 2.05) is 0 Å². The summed E-state index contributed by atoms with van der Waals surface area (Å²) < 4.78 is 0. The van der Waals surface area contributed by atoms with Gasteiger partial charge in [-0.3, -0.25) is 4.79 Å². The molecule has 1 aliphatic carbocycles. The maximum absolute atomic E-state index is 10.7. The fraction of sp³-hybridized carbons (Fsp3) is 0.909. The third-order valence-electron chi connectivity index (χ3n) is 3.08. The van der Waals surface area contributed by atoms with Crippen LogP contribution in [0.3, 0.4) is 0 Å². The number of aliphatic hydroxyl groups is 1. The number of carboxylic acids is 1. The van der Waals surface area contributed by atoms with Crippen LogP contribution in [-0.4, -0.2) is 35.4 Å². The molecule has 4 nitrogen and oxygen atoms in total. The Balaban J connectivity index is 1.94. The van der Waals surface area contributed by atoms with Gasteiger partial charge in [0.2, 0.25) is 0 Å². The third-order valence-corrected chi connectivity index (χ3v) is 3.08. The summed E-state index contributed by atoms with van der Waals surface area (Å²) in [6, 6.07) is 0.195. The first-order valence-corrected chi connectivity index (χ1v) is 5.82. The number of aliphatic carboxylic acids is 1. The van der Waals surface area contributed by atoms with E-state index in [0.717, 1.165) is 45.1 Å². The maximum Gasteiger partial charge on any atom is 0.308 e. The highest BCUT2D eigenvalue weighted by molar-refractivity contribution is 5.72. The molecule has 0 heterocycles. The lowest BCUT2D eigenvalue weighted by Crippen LogP contribution is -2.47. The van der Waals surface area contributed by atoms with Gasteiger partial charge >= 0.3 is 5.97 Å². The van der Waals surface area contributed by atoms with Crippen molar-refractivity contribution in [2.45, 2.75) is 44.6 Å². The molecule has 1 aliphatic rings. The Morgan fingerprint density at radius 1 is 1.20 bits per heavy atom. The second kappa shape index (κ2) is 6.80. The molecular formula is C11H21NO3. The predicted molar refractivity (Wildman–Crippen MR) is 57.7 cm³/mol. The number of carbonyl (C=O) groups is 1. The molecule has 88 valence electrons. The summed E-state index contributed by atoms with van der Waals surface area (Å²) in [6.07, 6.45) is 5.93. The molecule has 3 N–H and O–H groups in total. The van der Waals surface area contributed by atoms with Gasteiger partial charge in [0, 0.05) is 12.6 Å². The van der Waals surface area contributed by atoms with Gasteiger partial charge in [0.05, 0.1) is 5.92 Å². The minimum absolute atomic E-state index is 0.164. The molecule has 0 aromatic heterocycles. The molecule has 0 radical (unpaired) electrons. The SMILES string of the molecule is O=C(O)C1CCC1NCCCCCCO.